The molecule has 0 aromatic carbocycles. The number of alkyl halides is 2. The highest BCUT2D eigenvalue weighted by Gasteiger charge is 2.20. The molecule has 0 saturated carbocycles. The Morgan fingerprint density at radius 1 is 1.55 bits per heavy atom. The van der Waals surface area contributed by atoms with Gasteiger partial charge >= 0.3 is 0 Å². The van der Waals surface area contributed by atoms with Gasteiger partial charge in [-0.15, -0.1) is 0 Å². The van der Waals surface area contributed by atoms with Crippen molar-refractivity contribution in [2.24, 2.45) is 0 Å². The second-order valence-electron chi connectivity index (χ2n) is 2.93. The third kappa shape index (κ3) is 3.38. The second kappa shape index (κ2) is 4.26. The van der Waals surface area contributed by atoms with Crippen LogP contribution in [0.3, 0.4) is 0 Å². The lowest BCUT2D eigenvalue weighted by Crippen LogP contribution is -2.45. The van der Waals surface area contributed by atoms with Crippen LogP contribution in [0.15, 0.2) is 0 Å². The molecular formula is C7H13F2NS. The number of thioether (sulfide) groups is 1. The number of rotatable bonds is 4. The van der Waals surface area contributed by atoms with Gasteiger partial charge in [0, 0.05) is 30.0 Å². The summed E-state index contributed by atoms with van der Waals surface area (Å²) >= 11 is 1.86. The van der Waals surface area contributed by atoms with E-state index in [1.165, 1.54) is 0 Å². The molecule has 1 heterocycles. The van der Waals surface area contributed by atoms with Crippen LogP contribution in [0.25, 0.3) is 0 Å². The van der Waals surface area contributed by atoms with Crippen LogP contribution in [-0.4, -0.2) is 30.0 Å². The van der Waals surface area contributed by atoms with E-state index in [1.54, 1.807) is 0 Å². The number of hydrogen-bond acceptors (Lipinski definition) is 2. The first kappa shape index (κ1) is 9.26. The Kier molecular flexibility index (Phi) is 3.59. The van der Waals surface area contributed by atoms with Crippen LogP contribution in [0, 0.1) is 0 Å². The number of halogens is 2. The zero-order valence-electron chi connectivity index (χ0n) is 6.52. The molecule has 1 N–H and O–H groups in total. The molecule has 0 bridgehead atoms. The van der Waals surface area contributed by atoms with Gasteiger partial charge in [-0.05, 0) is 6.92 Å². The van der Waals surface area contributed by atoms with Gasteiger partial charge in [-0.3, -0.25) is 0 Å². The van der Waals surface area contributed by atoms with Gasteiger partial charge in [0.05, 0.1) is 0 Å². The average Bonchev–Trinajstić information content (AvgIpc) is 1.77. The third-order valence-electron chi connectivity index (χ3n) is 1.69. The maximum absolute atomic E-state index is 11.8. The number of nitrogens with one attached hydrogen (secondary N) is 1. The van der Waals surface area contributed by atoms with Crippen LogP contribution >= 0.6 is 11.8 Å². The van der Waals surface area contributed by atoms with Crippen molar-refractivity contribution in [3.05, 3.63) is 0 Å². The van der Waals surface area contributed by atoms with Crippen LogP contribution in [0.5, 0.6) is 0 Å². The second-order valence-corrected chi connectivity index (χ2v) is 4.00. The minimum atomic E-state index is -2.18. The molecule has 4 heteroatoms. The molecule has 1 nitrogen and oxygen atoms in total. The lowest BCUT2D eigenvalue weighted by molar-refractivity contribution is 0.123. The van der Waals surface area contributed by atoms with E-state index in [2.05, 4.69) is 5.32 Å². The predicted octanol–water partition coefficient (Wildman–Crippen LogP) is 1.74. The summed E-state index contributed by atoms with van der Waals surface area (Å²) in [6, 6.07) is 0.439. The van der Waals surface area contributed by atoms with E-state index in [0.717, 1.165) is 11.5 Å². The smallest absolute Gasteiger partial charge is 0.240 e. The van der Waals surface area contributed by atoms with Crippen molar-refractivity contribution < 1.29 is 8.78 Å². The molecule has 0 aromatic heterocycles. The molecule has 0 aliphatic carbocycles. The van der Waals surface area contributed by atoms with E-state index in [9.17, 15) is 8.78 Å². The Morgan fingerprint density at radius 2 is 2.18 bits per heavy atom. The summed E-state index contributed by atoms with van der Waals surface area (Å²) in [7, 11) is 0. The summed E-state index contributed by atoms with van der Waals surface area (Å²) in [6.07, 6.45) is -2.20. The molecular weight excluding hydrogens is 168 g/mol. The fourth-order valence-corrected chi connectivity index (χ4v) is 1.73. The quantitative estimate of drug-likeness (QED) is 0.709. The van der Waals surface area contributed by atoms with Crippen LogP contribution < -0.4 is 5.32 Å². The van der Waals surface area contributed by atoms with Crippen molar-refractivity contribution in [3.63, 3.8) is 0 Å². The summed E-state index contributed by atoms with van der Waals surface area (Å²) in [5, 5.41) is 3.15. The van der Waals surface area contributed by atoms with Gasteiger partial charge in [0.15, 0.2) is 0 Å². The lowest BCUT2D eigenvalue weighted by atomic mass is 10.2. The summed E-state index contributed by atoms with van der Waals surface area (Å²) in [5.41, 5.74) is 0. The summed E-state index contributed by atoms with van der Waals surface area (Å²) in [4.78, 5) is 0. The first-order chi connectivity index (χ1) is 5.18. The van der Waals surface area contributed by atoms with Crippen molar-refractivity contribution in [2.75, 3.05) is 11.5 Å². The van der Waals surface area contributed by atoms with E-state index in [0.29, 0.717) is 6.04 Å². The molecule has 1 aliphatic heterocycles. The topological polar surface area (TPSA) is 12.0 Å². The molecule has 1 aliphatic rings. The zero-order valence-corrected chi connectivity index (χ0v) is 7.33. The maximum Gasteiger partial charge on any atom is 0.240 e. The summed E-state index contributed by atoms with van der Waals surface area (Å²) in [5.74, 6) is 2.15. The molecule has 0 radical (unpaired) electrons. The highest BCUT2D eigenvalue weighted by Crippen LogP contribution is 2.18. The van der Waals surface area contributed by atoms with E-state index in [4.69, 9.17) is 0 Å². The Labute approximate surface area is 69.9 Å². The normalized spacial score (nSPS) is 21.8. The molecule has 1 unspecified atom stereocenters. The van der Waals surface area contributed by atoms with E-state index in [-0.39, 0.29) is 12.5 Å². The standard InChI is InChI=1S/C7H13F2NS/c1-5(2-7(8)9)10-6-3-11-4-6/h5-7,10H,2-4H2,1H3. The Hall–Kier alpha value is 0.170. The third-order valence-corrected chi connectivity index (χ3v) is 2.97. The van der Waals surface area contributed by atoms with E-state index < -0.39 is 6.43 Å². The van der Waals surface area contributed by atoms with Gasteiger partial charge in [-0.25, -0.2) is 8.78 Å². The van der Waals surface area contributed by atoms with Gasteiger partial charge in [0.25, 0.3) is 0 Å². The summed E-state index contributed by atoms with van der Waals surface area (Å²) in [6.45, 7) is 1.81. The number of hydrogen-bond donors (Lipinski definition) is 1. The van der Waals surface area contributed by atoms with Gasteiger partial charge in [-0.1, -0.05) is 0 Å². The van der Waals surface area contributed by atoms with E-state index in [1.807, 2.05) is 18.7 Å². The van der Waals surface area contributed by atoms with E-state index >= 15 is 0 Å². The van der Waals surface area contributed by atoms with Crippen LogP contribution in [-0.2, 0) is 0 Å². The van der Waals surface area contributed by atoms with Crippen molar-refractivity contribution in [1.82, 2.24) is 5.32 Å². The predicted molar refractivity (Wildman–Crippen MR) is 44.3 cm³/mol. The fourth-order valence-electron chi connectivity index (χ4n) is 1.07. The highest BCUT2D eigenvalue weighted by molar-refractivity contribution is 8.00. The van der Waals surface area contributed by atoms with Crippen LogP contribution in [0.4, 0.5) is 8.78 Å². The van der Waals surface area contributed by atoms with Crippen molar-refractivity contribution in [2.45, 2.75) is 31.9 Å². The zero-order chi connectivity index (χ0) is 8.27. The maximum atomic E-state index is 11.8. The minimum Gasteiger partial charge on any atom is -0.310 e. The molecule has 11 heavy (non-hydrogen) atoms. The molecule has 1 atom stereocenters. The van der Waals surface area contributed by atoms with Gasteiger partial charge in [-0.2, -0.15) is 11.8 Å². The molecule has 0 spiro atoms. The molecule has 66 valence electrons. The molecule has 1 saturated heterocycles. The van der Waals surface area contributed by atoms with Gasteiger partial charge < -0.3 is 5.32 Å². The molecule has 0 aromatic rings. The van der Waals surface area contributed by atoms with Crippen molar-refractivity contribution >= 4 is 11.8 Å². The Morgan fingerprint density at radius 3 is 2.55 bits per heavy atom. The molecule has 0 amide bonds. The highest BCUT2D eigenvalue weighted by atomic mass is 32.2. The van der Waals surface area contributed by atoms with Crippen molar-refractivity contribution in [3.8, 4) is 0 Å². The Balaban J connectivity index is 2.04. The molecule has 1 rings (SSSR count). The Bertz CT molecular complexity index is 117. The van der Waals surface area contributed by atoms with Crippen LogP contribution in [0.1, 0.15) is 13.3 Å². The first-order valence-corrected chi connectivity index (χ1v) is 4.96. The largest absolute Gasteiger partial charge is 0.310 e. The first-order valence-electron chi connectivity index (χ1n) is 3.80. The summed E-state index contributed by atoms with van der Waals surface area (Å²) < 4.78 is 23.6. The molecule has 1 fully saturated rings. The van der Waals surface area contributed by atoms with Gasteiger partial charge in [0.2, 0.25) is 6.43 Å². The SMILES string of the molecule is CC(CC(F)F)NC1CSC1. The lowest BCUT2D eigenvalue weighted by Gasteiger charge is -2.29. The monoisotopic (exact) mass is 181 g/mol. The average molecular weight is 181 g/mol. The van der Waals surface area contributed by atoms with Gasteiger partial charge in [0.1, 0.15) is 0 Å². The van der Waals surface area contributed by atoms with Crippen molar-refractivity contribution in [1.29, 1.82) is 0 Å². The minimum absolute atomic E-state index is 0.0266. The van der Waals surface area contributed by atoms with Crippen LogP contribution in [0.2, 0.25) is 0 Å². The fraction of sp³-hybridized carbons (Fsp3) is 1.00.